The number of carbonyl (C=O) groups is 2. The molecule has 35 heavy (non-hydrogen) atoms. The van der Waals surface area contributed by atoms with E-state index in [-0.39, 0.29) is 42.3 Å². The molecule has 1 atom stereocenters. The van der Waals surface area contributed by atoms with E-state index in [0.717, 1.165) is 22.3 Å². The Balaban J connectivity index is 1.72. The molecule has 1 fully saturated rings. The number of aliphatic hydroxyl groups is 1. The lowest BCUT2D eigenvalue weighted by molar-refractivity contribution is -0.132. The predicted octanol–water partition coefficient (Wildman–Crippen LogP) is 6.58. The molecule has 0 saturated carbocycles. The summed E-state index contributed by atoms with van der Waals surface area (Å²) in [4.78, 5) is 32.2. The fourth-order valence-electron chi connectivity index (χ4n) is 3.84. The highest BCUT2D eigenvalue weighted by atomic mass is 35.5. The minimum absolute atomic E-state index is 0.0187. The first-order valence-corrected chi connectivity index (χ1v) is 12.3. The lowest BCUT2D eigenvalue weighted by Crippen LogP contribution is -2.28. The minimum atomic E-state index is -1.07. The van der Waals surface area contributed by atoms with Crippen molar-refractivity contribution in [3.63, 3.8) is 0 Å². The lowest BCUT2D eigenvalue weighted by atomic mass is 10.00. The number of hydrogen-bond acceptors (Lipinski definition) is 7. The molecular formula is C23H12Cl2F2N2O4S2. The molecule has 2 aromatic carbocycles. The number of benzene rings is 2. The molecule has 1 saturated heterocycles. The van der Waals surface area contributed by atoms with Gasteiger partial charge in [0.15, 0.2) is 16.7 Å². The Labute approximate surface area is 214 Å². The molecule has 6 nitrogen and oxygen atoms in total. The molecule has 1 amide bonds. The number of aliphatic hydroxyl groups excluding tert-OH is 1. The first-order valence-electron chi connectivity index (χ1n) is 9.84. The van der Waals surface area contributed by atoms with Gasteiger partial charge in [-0.1, -0.05) is 40.6 Å². The van der Waals surface area contributed by atoms with E-state index >= 15 is 0 Å². The van der Waals surface area contributed by atoms with Crippen molar-refractivity contribution in [3.8, 4) is 5.75 Å². The second-order valence-corrected chi connectivity index (χ2v) is 10.2. The van der Waals surface area contributed by atoms with E-state index in [1.165, 1.54) is 30.6 Å². The van der Waals surface area contributed by atoms with Crippen LogP contribution in [0.3, 0.4) is 0 Å². The van der Waals surface area contributed by atoms with Crippen LogP contribution in [0.1, 0.15) is 16.5 Å². The van der Waals surface area contributed by atoms with Gasteiger partial charge >= 0.3 is 5.91 Å². The van der Waals surface area contributed by atoms with E-state index in [1.807, 2.05) is 0 Å². The number of hydrogen-bond donors (Lipinski definition) is 1. The number of nitrogens with zero attached hydrogens (tertiary/aromatic N) is 2. The Morgan fingerprint density at radius 3 is 2.51 bits per heavy atom. The number of thiophene rings is 1. The zero-order valence-corrected chi connectivity index (χ0v) is 20.7. The zero-order valence-electron chi connectivity index (χ0n) is 17.5. The number of methoxy groups -OCH3 is 1. The van der Waals surface area contributed by atoms with Crippen LogP contribution in [-0.2, 0) is 9.59 Å². The topological polar surface area (TPSA) is 79.7 Å². The third kappa shape index (κ3) is 3.86. The van der Waals surface area contributed by atoms with Gasteiger partial charge in [0, 0.05) is 16.5 Å². The van der Waals surface area contributed by atoms with Crippen LogP contribution in [-0.4, -0.2) is 28.9 Å². The number of fused-ring (bicyclic) bond motifs is 1. The number of halogens is 4. The van der Waals surface area contributed by atoms with E-state index < -0.39 is 35.1 Å². The molecule has 5 rings (SSSR count). The van der Waals surface area contributed by atoms with Crippen LogP contribution in [0, 0.1) is 11.6 Å². The van der Waals surface area contributed by atoms with Crippen molar-refractivity contribution in [2.75, 3.05) is 12.0 Å². The predicted molar refractivity (Wildman–Crippen MR) is 132 cm³/mol. The summed E-state index contributed by atoms with van der Waals surface area (Å²) in [6, 6.07) is 6.83. The normalized spacial score (nSPS) is 17.5. The van der Waals surface area contributed by atoms with Crippen LogP contribution >= 0.6 is 45.9 Å². The van der Waals surface area contributed by atoms with Crippen LogP contribution in [0.5, 0.6) is 5.75 Å². The van der Waals surface area contributed by atoms with Crippen molar-refractivity contribution in [1.82, 2.24) is 4.98 Å². The van der Waals surface area contributed by atoms with E-state index in [0.29, 0.717) is 10.9 Å². The van der Waals surface area contributed by atoms with Crippen molar-refractivity contribution in [1.29, 1.82) is 0 Å². The molecule has 1 N–H and O–H groups in total. The van der Waals surface area contributed by atoms with Crippen LogP contribution in [0.15, 0.2) is 47.4 Å². The second-order valence-electron chi connectivity index (χ2n) is 7.39. The molecule has 0 bridgehead atoms. The summed E-state index contributed by atoms with van der Waals surface area (Å²) in [6.07, 6.45) is 0. The quantitative estimate of drug-likeness (QED) is 0.176. The molecular weight excluding hydrogens is 541 g/mol. The fraction of sp³-hybridized carbons (Fsp3) is 0.0870. The smallest absolute Gasteiger partial charge is 0.301 e. The van der Waals surface area contributed by atoms with Gasteiger partial charge in [-0.15, -0.1) is 11.3 Å². The van der Waals surface area contributed by atoms with Gasteiger partial charge in [-0.3, -0.25) is 14.5 Å². The van der Waals surface area contributed by atoms with Gasteiger partial charge in [0.1, 0.15) is 23.1 Å². The third-order valence-corrected chi connectivity index (χ3v) is 7.83. The van der Waals surface area contributed by atoms with Gasteiger partial charge in [-0.05, 0) is 29.6 Å². The maximum atomic E-state index is 14.3. The lowest BCUT2D eigenvalue weighted by Gasteiger charge is -2.21. The molecule has 1 aliphatic heterocycles. The van der Waals surface area contributed by atoms with Crippen LogP contribution in [0.25, 0.3) is 16.0 Å². The highest BCUT2D eigenvalue weighted by molar-refractivity contribution is 7.22. The number of ketones is 1. The van der Waals surface area contributed by atoms with Crippen molar-refractivity contribution in [2.45, 2.75) is 6.04 Å². The highest BCUT2D eigenvalue weighted by Crippen LogP contribution is 2.46. The average Bonchev–Trinajstić information content (AvgIpc) is 3.52. The zero-order chi connectivity index (χ0) is 25.0. The number of ether oxygens (including phenoxy) is 1. The number of rotatable bonds is 4. The Bertz CT molecular complexity index is 1530. The number of thiazole rings is 1. The Morgan fingerprint density at radius 2 is 1.89 bits per heavy atom. The molecule has 1 unspecified atom stereocenters. The SMILES string of the molecule is COc1c(Cl)cc(/C(O)=C2\C(=O)C(=O)N(c3nc4c(F)cc(F)cc4s3)C2c2cccs2)cc1Cl. The standard InChI is InChI=1S/C23H12Cl2F2N2O4S2/c1-33-21-11(24)5-9(6-12(21)25)19(30)16-18(14-3-2-4-34-14)29(22(32)20(16)31)23-28-17-13(27)7-10(26)8-15(17)35-23/h2-8,18,30H,1H3/b19-16+. The number of Topliss-reactive ketones (excluding diaryl/α,β-unsaturated/α-hetero) is 1. The minimum Gasteiger partial charge on any atom is -0.507 e. The summed E-state index contributed by atoms with van der Waals surface area (Å²) in [5.41, 5.74) is -0.259. The Hall–Kier alpha value is -3.05. The van der Waals surface area contributed by atoms with Crippen LogP contribution in [0.2, 0.25) is 10.0 Å². The molecule has 12 heteroatoms. The maximum absolute atomic E-state index is 14.3. The van der Waals surface area contributed by atoms with E-state index in [1.54, 1.807) is 17.5 Å². The van der Waals surface area contributed by atoms with Crippen molar-refractivity contribution in [3.05, 3.63) is 79.5 Å². The maximum Gasteiger partial charge on any atom is 0.301 e. The van der Waals surface area contributed by atoms with Crippen LogP contribution in [0.4, 0.5) is 13.9 Å². The first-order chi connectivity index (χ1) is 16.7. The summed E-state index contributed by atoms with van der Waals surface area (Å²) < 4.78 is 33.3. The highest BCUT2D eigenvalue weighted by Gasteiger charge is 2.48. The molecule has 2 aromatic heterocycles. The molecule has 0 aliphatic carbocycles. The first kappa shape index (κ1) is 23.7. The summed E-state index contributed by atoms with van der Waals surface area (Å²) in [6.45, 7) is 0. The summed E-state index contributed by atoms with van der Waals surface area (Å²) in [5, 5.41) is 13.1. The molecule has 178 valence electrons. The number of amides is 1. The van der Waals surface area contributed by atoms with E-state index in [4.69, 9.17) is 27.9 Å². The van der Waals surface area contributed by atoms with Gasteiger partial charge < -0.3 is 9.84 Å². The van der Waals surface area contributed by atoms with Crippen molar-refractivity contribution >= 4 is 78.7 Å². The summed E-state index contributed by atoms with van der Waals surface area (Å²) in [5.74, 6) is -3.96. The van der Waals surface area contributed by atoms with Gasteiger partial charge in [0.2, 0.25) is 0 Å². The number of carbonyl (C=O) groups excluding carboxylic acids is 2. The average molecular weight is 553 g/mol. The summed E-state index contributed by atoms with van der Waals surface area (Å²) in [7, 11) is 1.38. The third-order valence-electron chi connectivity index (χ3n) is 5.34. The fourth-order valence-corrected chi connectivity index (χ4v) is 6.34. The van der Waals surface area contributed by atoms with E-state index in [9.17, 15) is 23.5 Å². The molecule has 0 spiro atoms. The van der Waals surface area contributed by atoms with Gasteiger partial charge in [-0.2, -0.15) is 0 Å². The largest absolute Gasteiger partial charge is 0.507 e. The Morgan fingerprint density at radius 1 is 1.17 bits per heavy atom. The monoisotopic (exact) mass is 552 g/mol. The molecule has 0 radical (unpaired) electrons. The van der Waals surface area contributed by atoms with Crippen molar-refractivity contribution in [2.24, 2.45) is 0 Å². The second kappa shape index (κ2) is 8.87. The number of aromatic nitrogens is 1. The Kier molecular flexibility index (Phi) is 6.00. The number of anilines is 1. The van der Waals surface area contributed by atoms with Crippen LogP contribution < -0.4 is 9.64 Å². The molecule has 3 heterocycles. The van der Waals surface area contributed by atoms with Gasteiger partial charge in [0.25, 0.3) is 5.78 Å². The molecule has 4 aromatic rings. The van der Waals surface area contributed by atoms with E-state index in [2.05, 4.69) is 4.98 Å². The molecule has 1 aliphatic rings. The van der Waals surface area contributed by atoms with Gasteiger partial charge in [-0.25, -0.2) is 13.8 Å². The van der Waals surface area contributed by atoms with Crippen molar-refractivity contribution < 1.29 is 28.2 Å². The summed E-state index contributed by atoms with van der Waals surface area (Å²) >= 11 is 14.5. The van der Waals surface area contributed by atoms with Gasteiger partial charge in [0.05, 0.1) is 27.4 Å².